The van der Waals surface area contributed by atoms with Crippen LogP contribution in [-0.2, 0) is 11.3 Å². The lowest BCUT2D eigenvalue weighted by Gasteiger charge is -2.17. The highest BCUT2D eigenvalue weighted by atomic mass is 32.2. The Morgan fingerprint density at radius 2 is 2.12 bits per heavy atom. The van der Waals surface area contributed by atoms with Crippen molar-refractivity contribution in [3.63, 3.8) is 0 Å². The van der Waals surface area contributed by atoms with E-state index in [2.05, 4.69) is 26.1 Å². The number of hydrogen-bond acceptors (Lipinski definition) is 3. The molecule has 1 aromatic rings. The van der Waals surface area contributed by atoms with Crippen LogP contribution in [0, 0.1) is 0 Å². The van der Waals surface area contributed by atoms with Gasteiger partial charge in [-0.25, -0.2) is 0 Å². The van der Waals surface area contributed by atoms with Crippen molar-refractivity contribution in [3.8, 4) is 0 Å². The molecule has 0 unspecified atom stereocenters. The number of benzene rings is 1. The van der Waals surface area contributed by atoms with Gasteiger partial charge in [-0.3, -0.25) is 4.79 Å². The maximum absolute atomic E-state index is 11.7. The minimum Gasteiger partial charge on any atom is -0.326 e. The molecule has 0 aliphatic heterocycles. The lowest BCUT2D eigenvalue weighted by atomic mass is 10.2. The molecular formula is C13H20N2OS. The van der Waals surface area contributed by atoms with E-state index >= 15 is 0 Å². The molecule has 1 amide bonds. The molecule has 0 heterocycles. The summed E-state index contributed by atoms with van der Waals surface area (Å²) in [5.74, 6) is 0.496. The zero-order chi connectivity index (χ0) is 12.9. The fourth-order valence-electron chi connectivity index (χ4n) is 1.26. The number of carbonyl (C=O) groups is 1. The van der Waals surface area contributed by atoms with Crippen molar-refractivity contribution < 1.29 is 4.79 Å². The average Bonchev–Trinajstić information content (AvgIpc) is 2.26. The molecule has 17 heavy (non-hydrogen) atoms. The molecule has 0 atom stereocenters. The van der Waals surface area contributed by atoms with E-state index in [1.54, 1.807) is 11.8 Å². The summed E-state index contributed by atoms with van der Waals surface area (Å²) in [5, 5.41) is 2.87. The highest BCUT2D eigenvalue weighted by Crippen LogP contribution is 2.23. The fourth-order valence-corrected chi connectivity index (χ4v) is 1.89. The molecule has 1 aromatic carbocycles. The molecule has 0 saturated carbocycles. The van der Waals surface area contributed by atoms with E-state index in [1.165, 1.54) is 0 Å². The smallest absolute Gasteiger partial charge is 0.234 e. The third kappa shape index (κ3) is 5.75. The first-order valence-electron chi connectivity index (χ1n) is 5.63. The first-order chi connectivity index (χ1) is 7.90. The second-order valence-corrected chi connectivity index (χ2v) is 6.66. The quantitative estimate of drug-likeness (QED) is 0.866. The number of thioether (sulfide) groups is 1. The summed E-state index contributed by atoms with van der Waals surface area (Å²) in [4.78, 5) is 11.7. The van der Waals surface area contributed by atoms with Gasteiger partial charge in [-0.1, -0.05) is 32.9 Å². The van der Waals surface area contributed by atoms with Gasteiger partial charge in [-0.05, 0) is 17.7 Å². The Labute approximate surface area is 107 Å². The molecule has 4 heteroatoms. The molecule has 94 valence electrons. The molecule has 0 bridgehead atoms. The highest BCUT2D eigenvalue weighted by Gasteiger charge is 2.13. The lowest BCUT2D eigenvalue weighted by Crippen LogP contribution is -2.19. The van der Waals surface area contributed by atoms with Crippen molar-refractivity contribution in [1.82, 2.24) is 0 Å². The fraction of sp³-hybridized carbons (Fsp3) is 0.462. The summed E-state index contributed by atoms with van der Waals surface area (Å²) in [5.41, 5.74) is 7.38. The maximum Gasteiger partial charge on any atom is 0.234 e. The Hall–Kier alpha value is -1.00. The second-order valence-electron chi connectivity index (χ2n) is 4.85. The standard InChI is InChI=1S/C13H20N2OS/c1-13(2,3)17-9-12(16)15-11-6-4-5-10(7-11)8-14/h4-7H,8-9,14H2,1-3H3,(H,15,16). The van der Waals surface area contributed by atoms with Crippen molar-refractivity contribution >= 4 is 23.4 Å². The van der Waals surface area contributed by atoms with Crippen LogP contribution in [0.4, 0.5) is 5.69 Å². The molecule has 0 aromatic heterocycles. The molecule has 0 saturated heterocycles. The van der Waals surface area contributed by atoms with Crippen LogP contribution in [0.3, 0.4) is 0 Å². The maximum atomic E-state index is 11.7. The highest BCUT2D eigenvalue weighted by molar-refractivity contribution is 8.01. The van der Waals surface area contributed by atoms with Crippen molar-refractivity contribution in [2.45, 2.75) is 32.1 Å². The van der Waals surface area contributed by atoms with Gasteiger partial charge in [0, 0.05) is 17.0 Å². The van der Waals surface area contributed by atoms with Crippen LogP contribution in [0.15, 0.2) is 24.3 Å². The Kier molecular flexibility index (Phi) is 5.02. The predicted molar refractivity (Wildman–Crippen MR) is 75.2 cm³/mol. The van der Waals surface area contributed by atoms with E-state index in [0.29, 0.717) is 12.3 Å². The first kappa shape index (κ1) is 14.1. The van der Waals surface area contributed by atoms with Crippen LogP contribution >= 0.6 is 11.8 Å². The molecule has 0 aliphatic rings. The number of hydrogen-bond donors (Lipinski definition) is 2. The monoisotopic (exact) mass is 252 g/mol. The Bertz CT molecular complexity index is 385. The van der Waals surface area contributed by atoms with Gasteiger partial charge in [-0.2, -0.15) is 0 Å². The normalized spacial score (nSPS) is 11.3. The molecule has 0 radical (unpaired) electrons. The summed E-state index contributed by atoms with van der Waals surface area (Å²) >= 11 is 1.63. The third-order valence-corrected chi connectivity index (χ3v) is 3.36. The molecule has 0 fully saturated rings. The van der Waals surface area contributed by atoms with Gasteiger partial charge in [0.1, 0.15) is 0 Å². The molecule has 3 N–H and O–H groups in total. The van der Waals surface area contributed by atoms with E-state index in [0.717, 1.165) is 11.3 Å². The number of amides is 1. The van der Waals surface area contributed by atoms with Gasteiger partial charge in [-0.15, -0.1) is 11.8 Å². The summed E-state index contributed by atoms with van der Waals surface area (Å²) in [7, 11) is 0. The van der Waals surface area contributed by atoms with E-state index in [9.17, 15) is 4.79 Å². The number of carbonyl (C=O) groups excluding carboxylic acids is 1. The SMILES string of the molecule is CC(C)(C)SCC(=O)Nc1cccc(CN)c1. The summed E-state index contributed by atoms with van der Waals surface area (Å²) in [6.45, 7) is 6.78. The van der Waals surface area contributed by atoms with Gasteiger partial charge in [0.25, 0.3) is 0 Å². The zero-order valence-corrected chi connectivity index (χ0v) is 11.4. The number of nitrogens with one attached hydrogen (secondary N) is 1. The topological polar surface area (TPSA) is 55.1 Å². The summed E-state index contributed by atoms with van der Waals surface area (Å²) in [6.07, 6.45) is 0. The van der Waals surface area contributed by atoms with E-state index < -0.39 is 0 Å². The Morgan fingerprint density at radius 3 is 2.71 bits per heavy atom. The van der Waals surface area contributed by atoms with Crippen LogP contribution in [0.25, 0.3) is 0 Å². The van der Waals surface area contributed by atoms with E-state index in [-0.39, 0.29) is 10.7 Å². The van der Waals surface area contributed by atoms with Crippen molar-refractivity contribution in [2.75, 3.05) is 11.1 Å². The number of anilines is 1. The lowest BCUT2D eigenvalue weighted by molar-refractivity contribution is -0.113. The van der Waals surface area contributed by atoms with Crippen molar-refractivity contribution in [1.29, 1.82) is 0 Å². The second kappa shape index (κ2) is 6.07. The van der Waals surface area contributed by atoms with Gasteiger partial charge < -0.3 is 11.1 Å². The molecule has 1 rings (SSSR count). The Morgan fingerprint density at radius 1 is 1.41 bits per heavy atom. The average molecular weight is 252 g/mol. The minimum absolute atomic E-state index is 0.0269. The molecule has 0 aliphatic carbocycles. The molecule has 3 nitrogen and oxygen atoms in total. The molecule has 0 spiro atoms. The van der Waals surface area contributed by atoms with Crippen LogP contribution in [-0.4, -0.2) is 16.4 Å². The van der Waals surface area contributed by atoms with Crippen LogP contribution in [0.1, 0.15) is 26.3 Å². The van der Waals surface area contributed by atoms with Gasteiger partial charge in [0.15, 0.2) is 0 Å². The first-order valence-corrected chi connectivity index (χ1v) is 6.62. The van der Waals surface area contributed by atoms with Gasteiger partial charge in [0.2, 0.25) is 5.91 Å². The predicted octanol–water partition coefficient (Wildman–Crippen LogP) is 2.62. The van der Waals surface area contributed by atoms with E-state index in [4.69, 9.17) is 5.73 Å². The van der Waals surface area contributed by atoms with E-state index in [1.807, 2.05) is 24.3 Å². The van der Waals surface area contributed by atoms with Gasteiger partial charge in [0.05, 0.1) is 5.75 Å². The zero-order valence-electron chi connectivity index (χ0n) is 10.6. The summed E-state index contributed by atoms with van der Waals surface area (Å²) in [6, 6.07) is 7.62. The Balaban J connectivity index is 2.50. The molecular weight excluding hydrogens is 232 g/mol. The number of nitrogens with two attached hydrogens (primary N) is 1. The third-order valence-electron chi connectivity index (χ3n) is 2.08. The van der Waals surface area contributed by atoms with Crippen LogP contribution in [0.2, 0.25) is 0 Å². The van der Waals surface area contributed by atoms with Crippen LogP contribution < -0.4 is 11.1 Å². The van der Waals surface area contributed by atoms with Crippen LogP contribution in [0.5, 0.6) is 0 Å². The van der Waals surface area contributed by atoms with Crippen molar-refractivity contribution in [2.24, 2.45) is 5.73 Å². The summed E-state index contributed by atoms with van der Waals surface area (Å²) < 4.78 is 0.108. The largest absolute Gasteiger partial charge is 0.326 e. The number of rotatable bonds is 4. The van der Waals surface area contributed by atoms with Crippen molar-refractivity contribution in [3.05, 3.63) is 29.8 Å². The van der Waals surface area contributed by atoms with Gasteiger partial charge >= 0.3 is 0 Å². The minimum atomic E-state index is 0.0269.